The first-order valence-corrected chi connectivity index (χ1v) is 5.68. The van der Waals surface area contributed by atoms with Crippen LogP contribution in [0.4, 0.5) is 10.1 Å². The van der Waals surface area contributed by atoms with E-state index in [0.717, 1.165) is 0 Å². The Bertz CT molecular complexity index is 368. The van der Waals surface area contributed by atoms with Crippen LogP contribution in [0.25, 0.3) is 0 Å². The van der Waals surface area contributed by atoms with Crippen LogP contribution in [-0.4, -0.2) is 31.9 Å². The van der Waals surface area contributed by atoms with E-state index in [9.17, 15) is 9.50 Å². The van der Waals surface area contributed by atoms with E-state index in [1.54, 1.807) is 13.2 Å². The number of aliphatic hydroxyl groups is 1. The summed E-state index contributed by atoms with van der Waals surface area (Å²) in [4.78, 5) is 1.85. The van der Waals surface area contributed by atoms with Gasteiger partial charge in [-0.25, -0.2) is 4.39 Å². The molecule has 3 nitrogen and oxygen atoms in total. The zero-order valence-corrected chi connectivity index (χ0v) is 10.8. The van der Waals surface area contributed by atoms with Gasteiger partial charge in [0, 0.05) is 13.1 Å². The summed E-state index contributed by atoms with van der Waals surface area (Å²) in [6, 6.07) is 4.31. The number of likely N-dealkylation sites (N-methyl/N-ethyl adjacent to an activating group) is 1. The minimum Gasteiger partial charge on any atom is -0.495 e. The Kier molecular flexibility index (Phi) is 4.75. The standard InChI is InChI=1S/C13H20FNO2/c1-9(2)12(8-16)15(3)11-7-10(14)5-6-13(11)17-4/h5-7,9,12,16H,8H2,1-4H3. The third-order valence-corrected chi connectivity index (χ3v) is 2.97. The lowest BCUT2D eigenvalue weighted by molar-refractivity contribution is 0.233. The van der Waals surface area contributed by atoms with Crippen molar-refractivity contribution in [3.8, 4) is 5.75 Å². The van der Waals surface area contributed by atoms with Crippen molar-refractivity contribution in [2.45, 2.75) is 19.9 Å². The van der Waals surface area contributed by atoms with Gasteiger partial charge in [0.1, 0.15) is 11.6 Å². The summed E-state index contributed by atoms with van der Waals surface area (Å²) in [6.45, 7) is 4.06. The summed E-state index contributed by atoms with van der Waals surface area (Å²) in [5.41, 5.74) is 0.653. The molecule has 0 saturated carbocycles. The summed E-state index contributed by atoms with van der Waals surface area (Å²) in [5.74, 6) is 0.555. The molecule has 0 aliphatic heterocycles. The number of hydrogen-bond acceptors (Lipinski definition) is 3. The predicted molar refractivity (Wildman–Crippen MR) is 67.1 cm³/mol. The van der Waals surface area contributed by atoms with Gasteiger partial charge in [0.25, 0.3) is 0 Å². The first kappa shape index (κ1) is 13.8. The molecule has 0 heterocycles. The first-order valence-electron chi connectivity index (χ1n) is 5.68. The normalized spacial score (nSPS) is 12.6. The Morgan fingerprint density at radius 2 is 2.06 bits per heavy atom. The van der Waals surface area contributed by atoms with Crippen molar-refractivity contribution in [1.29, 1.82) is 0 Å². The van der Waals surface area contributed by atoms with E-state index in [-0.39, 0.29) is 24.4 Å². The topological polar surface area (TPSA) is 32.7 Å². The summed E-state index contributed by atoms with van der Waals surface area (Å²) >= 11 is 0. The Hall–Kier alpha value is -1.29. The molecule has 0 spiro atoms. The monoisotopic (exact) mass is 241 g/mol. The van der Waals surface area contributed by atoms with Gasteiger partial charge in [-0.3, -0.25) is 0 Å². The van der Waals surface area contributed by atoms with E-state index < -0.39 is 0 Å². The van der Waals surface area contributed by atoms with Gasteiger partial charge >= 0.3 is 0 Å². The molecule has 1 unspecified atom stereocenters. The maximum absolute atomic E-state index is 13.3. The van der Waals surface area contributed by atoms with Crippen molar-refractivity contribution in [3.05, 3.63) is 24.0 Å². The van der Waals surface area contributed by atoms with Crippen molar-refractivity contribution in [2.75, 3.05) is 25.7 Å². The number of rotatable bonds is 5. The Balaban J connectivity index is 3.08. The van der Waals surface area contributed by atoms with E-state index >= 15 is 0 Å². The van der Waals surface area contributed by atoms with E-state index in [4.69, 9.17) is 4.74 Å². The van der Waals surface area contributed by atoms with Crippen molar-refractivity contribution >= 4 is 5.69 Å². The molecule has 96 valence electrons. The molecule has 4 heteroatoms. The van der Waals surface area contributed by atoms with Crippen LogP contribution in [0.15, 0.2) is 18.2 Å². The molecule has 0 aliphatic rings. The number of ether oxygens (including phenoxy) is 1. The molecule has 1 aromatic carbocycles. The van der Waals surface area contributed by atoms with Crippen molar-refractivity contribution < 1.29 is 14.2 Å². The Morgan fingerprint density at radius 1 is 1.41 bits per heavy atom. The van der Waals surface area contributed by atoms with Gasteiger partial charge in [0.15, 0.2) is 0 Å². The maximum Gasteiger partial charge on any atom is 0.142 e. The fourth-order valence-electron chi connectivity index (χ4n) is 1.90. The summed E-state index contributed by atoms with van der Waals surface area (Å²) in [6.07, 6.45) is 0. The lowest BCUT2D eigenvalue weighted by Gasteiger charge is -2.32. The van der Waals surface area contributed by atoms with E-state index in [1.165, 1.54) is 12.1 Å². The summed E-state index contributed by atoms with van der Waals surface area (Å²) in [7, 11) is 3.38. The molecular formula is C13H20FNO2. The quantitative estimate of drug-likeness (QED) is 0.858. The van der Waals surface area contributed by atoms with Crippen LogP contribution in [0.3, 0.4) is 0 Å². The summed E-state index contributed by atoms with van der Waals surface area (Å²) < 4.78 is 18.5. The van der Waals surface area contributed by atoms with Crippen LogP contribution in [0.1, 0.15) is 13.8 Å². The average molecular weight is 241 g/mol. The zero-order chi connectivity index (χ0) is 13.0. The van der Waals surface area contributed by atoms with Crippen molar-refractivity contribution in [1.82, 2.24) is 0 Å². The molecular weight excluding hydrogens is 221 g/mol. The molecule has 0 bridgehead atoms. The Morgan fingerprint density at radius 3 is 2.53 bits per heavy atom. The van der Waals surface area contributed by atoms with Crippen LogP contribution < -0.4 is 9.64 Å². The molecule has 0 saturated heterocycles. The molecule has 1 atom stereocenters. The molecule has 0 radical (unpaired) electrons. The van der Waals surface area contributed by atoms with Crippen molar-refractivity contribution in [2.24, 2.45) is 5.92 Å². The molecule has 17 heavy (non-hydrogen) atoms. The fourth-order valence-corrected chi connectivity index (χ4v) is 1.90. The molecule has 0 aliphatic carbocycles. The molecule has 0 fully saturated rings. The SMILES string of the molecule is COc1ccc(F)cc1N(C)C(CO)C(C)C. The van der Waals surface area contributed by atoms with E-state index in [0.29, 0.717) is 11.4 Å². The van der Waals surface area contributed by atoms with Crippen LogP contribution in [0.2, 0.25) is 0 Å². The van der Waals surface area contributed by atoms with Crippen LogP contribution in [0.5, 0.6) is 5.75 Å². The number of aliphatic hydroxyl groups excluding tert-OH is 1. The molecule has 1 rings (SSSR count). The van der Waals surface area contributed by atoms with Crippen LogP contribution >= 0.6 is 0 Å². The number of nitrogens with zero attached hydrogens (tertiary/aromatic N) is 1. The fraction of sp³-hybridized carbons (Fsp3) is 0.538. The highest BCUT2D eigenvalue weighted by Crippen LogP contribution is 2.30. The summed E-state index contributed by atoms with van der Waals surface area (Å²) in [5, 5.41) is 9.38. The van der Waals surface area contributed by atoms with Gasteiger partial charge in [0.05, 0.1) is 25.4 Å². The third kappa shape index (κ3) is 3.09. The lowest BCUT2D eigenvalue weighted by Crippen LogP contribution is -2.39. The second kappa shape index (κ2) is 5.87. The maximum atomic E-state index is 13.3. The van der Waals surface area contributed by atoms with Gasteiger partial charge in [-0.2, -0.15) is 0 Å². The average Bonchev–Trinajstić information content (AvgIpc) is 2.29. The number of methoxy groups -OCH3 is 1. The first-order chi connectivity index (χ1) is 8.01. The zero-order valence-electron chi connectivity index (χ0n) is 10.8. The smallest absolute Gasteiger partial charge is 0.142 e. The second-order valence-electron chi connectivity index (χ2n) is 4.42. The van der Waals surface area contributed by atoms with Crippen LogP contribution in [-0.2, 0) is 0 Å². The highest BCUT2D eigenvalue weighted by molar-refractivity contribution is 5.59. The number of hydrogen-bond donors (Lipinski definition) is 1. The third-order valence-electron chi connectivity index (χ3n) is 2.97. The minimum absolute atomic E-state index is 0.0217. The lowest BCUT2D eigenvalue weighted by atomic mass is 10.0. The second-order valence-corrected chi connectivity index (χ2v) is 4.42. The predicted octanol–water partition coefficient (Wildman–Crippen LogP) is 2.29. The highest BCUT2D eigenvalue weighted by atomic mass is 19.1. The van der Waals surface area contributed by atoms with E-state index in [1.807, 2.05) is 25.8 Å². The molecule has 0 aromatic heterocycles. The van der Waals surface area contributed by atoms with Gasteiger partial charge in [-0.1, -0.05) is 13.8 Å². The number of benzene rings is 1. The molecule has 1 N–H and O–H groups in total. The number of anilines is 1. The van der Waals surface area contributed by atoms with Gasteiger partial charge in [0.2, 0.25) is 0 Å². The van der Waals surface area contributed by atoms with Crippen LogP contribution in [0, 0.1) is 11.7 Å². The molecule has 0 amide bonds. The highest BCUT2D eigenvalue weighted by Gasteiger charge is 2.21. The van der Waals surface area contributed by atoms with Gasteiger partial charge in [-0.15, -0.1) is 0 Å². The largest absolute Gasteiger partial charge is 0.495 e. The Labute approximate surface area is 102 Å². The van der Waals surface area contributed by atoms with Crippen molar-refractivity contribution in [3.63, 3.8) is 0 Å². The van der Waals surface area contributed by atoms with Gasteiger partial charge in [-0.05, 0) is 18.1 Å². The molecule has 1 aromatic rings. The van der Waals surface area contributed by atoms with Gasteiger partial charge < -0.3 is 14.7 Å². The minimum atomic E-state index is -0.312. The number of halogens is 1. The van der Waals surface area contributed by atoms with E-state index in [2.05, 4.69) is 0 Å².